The van der Waals surface area contributed by atoms with Gasteiger partial charge in [-0.05, 0) is 80.6 Å². The van der Waals surface area contributed by atoms with Gasteiger partial charge in [0.1, 0.15) is 18.1 Å². The lowest BCUT2D eigenvalue weighted by Gasteiger charge is -2.24. The van der Waals surface area contributed by atoms with Crippen molar-refractivity contribution >= 4 is 0 Å². The molecule has 0 amide bonds. The Hall–Kier alpha value is -3.51. The Morgan fingerprint density at radius 1 is 1.03 bits per heavy atom. The number of ether oxygens (including phenoxy) is 2. The van der Waals surface area contributed by atoms with Crippen LogP contribution in [0, 0.1) is 25.1 Å². The van der Waals surface area contributed by atoms with E-state index in [4.69, 9.17) is 15.9 Å². The van der Waals surface area contributed by atoms with Crippen LogP contribution < -0.4 is 9.47 Å². The van der Waals surface area contributed by atoms with Crippen molar-refractivity contribution in [3.8, 4) is 29.6 Å². The zero-order valence-corrected chi connectivity index (χ0v) is 18.7. The minimum Gasteiger partial charge on any atom is -0.490 e. The van der Waals surface area contributed by atoms with E-state index in [-0.39, 0.29) is 11.6 Å². The largest absolute Gasteiger partial charge is 0.490 e. The molecule has 0 aliphatic carbocycles. The summed E-state index contributed by atoms with van der Waals surface area (Å²) in [5, 5.41) is 0. The van der Waals surface area contributed by atoms with Gasteiger partial charge in [0.15, 0.2) is 11.6 Å². The molecule has 3 aromatic carbocycles. The van der Waals surface area contributed by atoms with E-state index in [1.165, 1.54) is 6.07 Å². The summed E-state index contributed by atoms with van der Waals surface area (Å²) in [6.07, 6.45) is 10.1. The molecule has 0 aliphatic heterocycles. The first-order chi connectivity index (χ1) is 15.4. The highest BCUT2D eigenvalue weighted by molar-refractivity contribution is 5.38. The Bertz CT molecular complexity index is 1080. The van der Waals surface area contributed by atoms with Crippen molar-refractivity contribution in [3.63, 3.8) is 0 Å². The van der Waals surface area contributed by atoms with E-state index >= 15 is 0 Å². The third kappa shape index (κ3) is 6.02. The van der Waals surface area contributed by atoms with Gasteiger partial charge in [-0.2, -0.15) is 0 Å². The van der Waals surface area contributed by atoms with E-state index < -0.39 is 5.41 Å². The average Bonchev–Trinajstić information content (AvgIpc) is 2.81. The van der Waals surface area contributed by atoms with Crippen LogP contribution in [0.3, 0.4) is 0 Å². The molecule has 0 bridgehead atoms. The fourth-order valence-electron chi connectivity index (χ4n) is 3.53. The zero-order chi connectivity index (χ0) is 23.0. The van der Waals surface area contributed by atoms with Gasteiger partial charge in [0.05, 0.1) is 5.41 Å². The summed E-state index contributed by atoms with van der Waals surface area (Å²) in [7, 11) is 0. The fraction of sp³-hybridized carbons (Fsp3) is 0.241. The van der Waals surface area contributed by atoms with Gasteiger partial charge in [-0.1, -0.05) is 54.5 Å². The Kier molecular flexibility index (Phi) is 7.73. The number of benzene rings is 3. The summed E-state index contributed by atoms with van der Waals surface area (Å²) in [6, 6.07) is 20.5. The van der Waals surface area contributed by atoms with Crippen LogP contribution in [-0.2, 0) is 11.8 Å². The quantitative estimate of drug-likeness (QED) is 0.247. The molecule has 3 aromatic rings. The average molecular weight is 429 g/mol. The molecule has 3 heteroatoms. The lowest BCUT2D eigenvalue weighted by Crippen LogP contribution is -2.19. The van der Waals surface area contributed by atoms with E-state index in [2.05, 4.69) is 19.4 Å². The van der Waals surface area contributed by atoms with E-state index in [1.54, 1.807) is 18.2 Å². The van der Waals surface area contributed by atoms with Gasteiger partial charge in [0.2, 0.25) is 0 Å². The van der Waals surface area contributed by atoms with Crippen molar-refractivity contribution in [1.82, 2.24) is 0 Å². The van der Waals surface area contributed by atoms with Gasteiger partial charge >= 0.3 is 0 Å². The van der Waals surface area contributed by atoms with Crippen LogP contribution in [0.25, 0.3) is 0 Å². The first-order valence-corrected chi connectivity index (χ1v) is 10.8. The number of aryl methyl sites for hydroxylation is 2. The lowest BCUT2D eigenvalue weighted by atomic mass is 9.78. The second-order valence-corrected chi connectivity index (χ2v) is 8.13. The van der Waals surface area contributed by atoms with Gasteiger partial charge in [-0.25, -0.2) is 4.39 Å². The van der Waals surface area contributed by atoms with Crippen LogP contribution in [0.4, 0.5) is 4.39 Å². The van der Waals surface area contributed by atoms with Crippen molar-refractivity contribution in [3.05, 3.63) is 102 Å². The molecule has 0 radical (unpaired) electrons. The summed E-state index contributed by atoms with van der Waals surface area (Å²) >= 11 is 0. The standard InChI is InChI=1S/C29H29FO2/c1-5-20-31-25-16-12-24(13-17-25)29(4,6-2)19-7-8-23-11-18-27(30)28(21-23)32-26-14-9-22(3)10-15-26/h2,5,9-18,21H,1,7-8,19-20H2,3-4H3. The molecule has 0 saturated heterocycles. The normalized spacial score (nSPS) is 12.4. The SMILES string of the molecule is C#CC(C)(CCCc1ccc(F)c(Oc2ccc(C)cc2)c1)c1ccc(OCC=C)cc1. The Labute approximate surface area is 190 Å². The van der Waals surface area contributed by atoms with Crippen LogP contribution in [0.2, 0.25) is 0 Å². The molecule has 0 fully saturated rings. The molecule has 164 valence electrons. The second kappa shape index (κ2) is 10.7. The molecule has 1 unspecified atom stereocenters. The number of halogens is 1. The third-order valence-electron chi connectivity index (χ3n) is 5.56. The molecular formula is C29H29FO2. The lowest BCUT2D eigenvalue weighted by molar-refractivity contribution is 0.363. The molecule has 1 atom stereocenters. The van der Waals surface area contributed by atoms with Crippen molar-refractivity contribution in [2.45, 2.75) is 38.5 Å². The highest BCUT2D eigenvalue weighted by Gasteiger charge is 2.23. The monoisotopic (exact) mass is 428 g/mol. The molecule has 0 spiro atoms. The van der Waals surface area contributed by atoms with Gasteiger partial charge in [-0.3, -0.25) is 0 Å². The summed E-state index contributed by atoms with van der Waals surface area (Å²) in [5.41, 5.74) is 2.83. The summed E-state index contributed by atoms with van der Waals surface area (Å²) in [4.78, 5) is 0. The van der Waals surface area contributed by atoms with Crippen molar-refractivity contribution in [2.75, 3.05) is 6.61 Å². The summed E-state index contributed by atoms with van der Waals surface area (Å²) < 4.78 is 25.6. The van der Waals surface area contributed by atoms with Crippen molar-refractivity contribution < 1.29 is 13.9 Å². The smallest absolute Gasteiger partial charge is 0.165 e. The van der Waals surface area contributed by atoms with Crippen LogP contribution in [0.15, 0.2) is 79.4 Å². The Morgan fingerprint density at radius 2 is 1.72 bits per heavy atom. The number of hydrogen-bond donors (Lipinski definition) is 0. The molecule has 0 heterocycles. The van der Waals surface area contributed by atoms with Gasteiger partial charge in [-0.15, -0.1) is 6.42 Å². The highest BCUT2D eigenvalue weighted by Crippen LogP contribution is 2.31. The predicted molar refractivity (Wildman–Crippen MR) is 129 cm³/mol. The maximum absolute atomic E-state index is 14.3. The van der Waals surface area contributed by atoms with E-state index in [0.29, 0.717) is 12.4 Å². The maximum Gasteiger partial charge on any atom is 0.165 e. The molecule has 0 N–H and O–H groups in total. The van der Waals surface area contributed by atoms with E-state index in [1.807, 2.05) is 55.5 Å². The second-order valence-electron chi connectivity index (χ2n) is 8.13. The third-order valence-corrected chi connectivity index (χ3v) is 5.56. The van der Waals surface area contributed by atoms with E-state index in [9.17, 15) is 4.39 Å². The minimum absolute atomic E-state index is 0.237. The zero-order valence-electron chi connectivity index (χ0n) is 18.7. The molecule has 3 rings (SSSR count). The fourth-order valence-corrected chi connectivity index (χ4v) is 3.53. The molecular weight excluding hydrogens is 399 g/mol. The van der Waals surface area contributed by atoms with Crippen molar-refractivity contribution in [2.24, 2.45) is 0 Å². The maximum atomic E-state index is 14.3. The van der Waals surface area contributed by atoms with Gasteiger partial charge in [0.25, 0.3) is 0 Å². The van der Waals surface area contributed by atoms with Crippen LogP contribution in [-0.4, -0.2) is 6.61 Å². The van der Waals surface area contributed by atoms with E-state index in [0.717, 1.165) is 41.7 Å². The Morgan fingerprint density at radius 3 is 2.38 bits per heavy atom. The topological polar surface area (TPSA) is 18.5 Å². The van der Waals surface area contributed by atoms with Gasteiger partial charge < -0.3 is 9.47 Å². The number of hydrogen-bond acceptors (Lipinski definition) is 2. The minimum atomic E-state index is -0.391. The molecule has 32 heavy (non-hydrogen) atoms. The van der Waals surface area contributed by atoms with Gasteiger partial charge in [0, 0.05) is 0 Å². The summed E-state index contributed by atoms with van der Waals surface area (Å²) in [5.74, 6) is 4.23. The molecule has 2 nitrogen and oxygen atoms in total. The molecule has 0 aliphatic rings. The molecule has 0 aromatic heterocycles. The first-order valence-electron chi connectivity index (χ1n) is 10.8. The molecule has 0 saturated carbocycles. The van der Waals surface area contributed by atoms with Crippen LogP contribution in [0.1, 0.15) is 36.5 Å². The number of rotatable bonds is 10. The highest BCUT2D eigenvalue weighted by atomic mass is 19.1. The first kappa shape index (κ1) is 23.2. The number of terminal acetylenes is 1. The van der Waals surface area contributed by atoms with Crippen molar-refractivity contribution in [1.29, 1.82) is 0 Å². The predicted octanol–water partition coefficient (Wildman–Crippen LogP) is 7.41. The summed E-state index contributed by atoms with van der Waals surface area (Å²) in [6.45, 7) is 8.20. The Balaban J connectivity index is 1.63. The van der Waals surface area contributed by atoms with Crippen LogP contribution >= 0.6 is 0 Å². The van der Waals surface area contributed by atoms with Crippen LogP contribution in [0.5, 0.6) is 17.2 Å².